The van der Waals surface area contributed by atoms with Crippen molar-refractivity contribution in [1.29, 1.82) is 0 Å². The molecule has 3 aromatic heterocycles. The first kappa shape index (κ1) is 27.1. The standard InChI is InChI=1S/C26H32Cl2N6O3/c1-13(2)19-20(14(3)8-9-29-19)34-22-16(10-17(27)21(28)30-22)23(31-24(34)35)33-15(4)11-32(25(36)37)12-18(33)26(5,6)7/h8-10,13,15,18H,11-12H2,1-7H3,(H,36,37). The first-order valence-electron chi connectivity index (χ1n) is 12.2. The van der Waals surface area contributed by atoms with Crippen molar-refractivity contribution >= 4 is 46.1 Å². The monoisotopic (exact) mass is 546 g/mol. The van der Waals surface area contributed by atoms with Crippen LogP contribution in [0.15, 0.2) is 23.1 Å². The molecule has 2 atom stereocenters. The Balaban J connectivity index is 2.07. The molecule has 2 unspecified atom stereocenters. The zero-order chi connectivity index (χ0) is 27.4. The quantitative estimate of drug-likeness (QED) is 0.431. The first-order valence-corrected chi connectivity index (χ1v) is 13.0. The van der Waals surface area contributed by atoms with E-state index in [0.29, 0.717) is 22.5 Å². The second-order valence-corrected chi connectivity index (χ2v) is 11.8. The van der Waals surface area contributed by atoms with E-state index in [9.17, 15) is 14.7 Å². The predicted molar refractivity (Wildman–Crippen MR) is 147 cm³/mol. The van der Waals surface area contributed by atoms with E-state index in [0.717, 1.165) is 11.3 Å². The summed E-state index contributed by atoms with van der Waals surface area (Å²) in [5, 5.41) is 10.6. The number of piperazine rings is 1. The van der Waals surface area contributed by atoms with Gasteiger partial charge in [0.25, 0.3) is 0 Å². The number of nitrogens with zero attached hydrogens (tertiary/aromatic N) is 6. The van der Waals surface area contributed by atoms with E-state index >= 15 is 0 Å². The van der Waals surface area contributed by atoms with Crippen LogP contribution in [0.4, 0.5) is 10.6 Å². The minimum Gasteiger partial charge on any atom is -0.465 e. The molecule has 0 aromatic carbocycles. The molecule has 1 saturated heterocycles. The maximum Gasteiger partial charge on any atom is 0.407 e. The van der Waals surface area contributed by atoms with Crippen LogP contribution >= 0.6 is 23.2 Å². The molecular weight excluding hydrogens is 515 g/mol. The van der Waals surface area contributed by atoms with Gasteiger partial charge in [-0.25, -0.2) is 19.1 Å². The molecule has 11 heteroatoms. The number of fused-ring (bicyclic) bond motifs is 1. The molecule has 3 aromatic rings. The SMILES string of the molecule is Cc1ccnc(C(C)C)c1-n1c(=O)nc(N2C(C)CN(C(=O)O)CC2C(C)(C)C)c2cc(Cl)c(Cl)nc21. The number of carboxylic acid groups (broad SMARTS) is 1. The smallest absolute Gasteiger partial charge is 0.407 e. The molecule has 1 aliphatic heterocycles. The van der Waals surface area contributed by atoms with Gasteiger partial charge >= 0.3 is 11.8 Å². The van der Waals surface area contributed by atoms with E-state index in [-0.39, 0.29) is 46.7 Å². The van der Waals surface area contributed by atoms with Crippen LogP contribution in [0.3, 0.4) is 0 Å². The molecule has 1 amide bonds. The molecule has 0 saturated carbocycles. The van der Waals surface area contributed by atoms with Crippen LogP contribution in [0.1, 0.15) is 58.7 Å². The van der Waals surface area contributed by atoms with Crippen LogP contribution in [0.5, 0.6) is 0 Å². The number of amides is 1. The lowest BCUT2D eigenvalue weighted by atomic mass is 9.83. The van der Waals surface area contributed by atoms with Crippen molar-refractivity contribution in [3.05, 3.63) is 50.2 Å². The average molecular weight is 547 g/mol. The Morgan fingerprint density at radius 3 is 2.46 bits per heavy atom. The Labute approximate surface area is 226 Å². The summed E-state index contributed by atoms with van der Waals surface area (Å²) in [7, 11) is 0. The van der Waals surface area contributed by atoms with Gasteiger partial charge in [0.1, 0.15) is 11.0 Å². The van der Waals surface area contributed by atoms with Crippen LogP contribution < -0.4 is 10.6 Å². The largest absolute Gasteiger partial charge is 0.465 e. The highest BCUT2D eigenvalue weighted by molar-refractivity contribution is 6.41. The number of aryl methyl sites for hydroxylation is 1. The molecule has 4 heterocycles. The second kappa shape index (κ2) is 9.76. The molecule has 9 nitrogen and oxygen atoms in total. The van der Waals surface area contributed by atoms with Crippen molar-refractivity contribution in [1.82, 2.24) is 24.4 Å². The molecule has 1 fully saturated rings. The van der Waals surface area contributed by atoms with Gasteiger partial charge in [0.2, 0.25) is 0 Å². The molecule has 1 aliphatic rings. The summed E-state index contributed by atoms with van der Waals surface area (Å²) in [5.74, 6) is 0.445. The fourth-order valence-corrected chi connectivity index (χ4v) is 5.34. The van der Waals surface area contributed by atoms with Crippen molar-refractivity contribution in [2.45, 2.75) is 66.5 Å². The van der Waals surface area contributed by atoms with Gasteiger partial charge in [-0.05, 0) is 42.9 Å². The van der Waals surface area contributed by atoms with Crippen molar-refractivity contribution in [2.24, 2.45) is 5.41 Å². The van der Waals surface area contributed by atoms with Crippen molar-refractivity contribution in [3.63, 3.8) is 0 Å². The number of pyridine rings is 2. The average Bonchev–Trinajstić information content (AvgIpc) is 2.79. The minimum absolute atomic E-state index is 0.0358. The lowest BCUT2D eigenvalue weighted by molar-refractivity contribution is 0.107. The van der Waals surface area contributed by atoms with E-state index < -0.39 is 11.8 Å². The summed E-state index contributed by atoms with van der Waals surface area (Å²) in [6.07, 6.45) is 0.747. The fraction of sp³-hybridized carbons (Fsp3) is 0.500. The van der Waals surface area contributed by atoms with Crippen molar-refractivity contribution in [3.8, 4) is 5.69 Å². The Hall–Kier alpha value is -2.91. The maximum atomic E-state index is 13.8. The lowest BCUT2D eigenvalue weighted by Crippen LogP contribution is -2.63. The molecule has 198 valence electrons. The first-order chi connectivity index (χ1) is 17.2. The number of hydrogen-bond acceptors (Lipinski definition) is 6. The zero-order valence-corrected chi connectivity index (χ0v) is 23.6. The normalized spacial score (nSPS) is 18.6. The summed E-state index contributed by atoms with van der Waals surface area (Å²) < 4.78 is 1.46. The Morgan fingerprint density at radius 2 is 1.86 bits per heavy atom. The molecule has 4 rings (SSSR count). The topological polar surface area (TPSA) is 104 Å². The summed E-state index contributed by atoms with van der Waals surface area (Å²) in [4.78, 5) is 42.9. The zero-order valence-electron chi connectivity index (χ0n) is 22.1. The van der Waals surface area contributed by atoms with Crippen molar-refractivity contribution < 1.29 is 9.90 Å². The predicted octanol–water partition coefficient (Wildman–Crippen LogP) is 5.52. The summed E-state index contributed by atoms with van der Waals surface area (Å²) in [6.45, 7) is 14.5. The third-order valence-electron chi connectivity index (χ3n) is 6.89. The van der Waals surface area contributed by atoms with E-state index in [4.69, 9.17) is 23.2 Å². The molecule has 0 bridgehead atoms. The third-order valence-corrected chi connectivity index (χ3v) is 7.56. The summed E-state index contributed by atoms with van der Waals surface area (Å²) in [5.41, 5.74) is 1.67. The highest BCUT2D eigenvalue weighted by Gasteiger charge is 2.42. The van der Waals surface area contributed by atoms with Gasteiger partial charge in [-0.2, -0.15) is 4.98 Å². The van der Waals surface area contributed by atoms with Crippen LogP contribution in [-0.2, 0) is 0 Å². The van der Waals surface area contributed by atoms with E-state index in [1.54, 1.807) is 12.3 Å². The number of halogens is 2. The molecule has 1 N–H and O–H groups in total. The number of rotatable bonds is 3. The number of hydrogen-bond donors (Lipinski definition) is 1. The van der Waals surface area contributed by atoms with Gasteiger partial charge in [0.15, 0.2) is 5.65 Å². The highest BCUT2D eigenvalue weighted by Crippen LogP contribution is 2.38. The molecule has 0 radical (unpaired) electrons. The Morgan fingerprint density at radius 1 is 1.19 bits per heavy atom. The fourth-order valence-electron chi connectivity index (χ4n) is 5.06. The van der Waals surface area contributed by atoms with Gasteiger partial charge in [-0.1, -0.05) is 57.8 Å². The van der Waals surface area contributed by atoms with Gasteiger partial charge in [-0.15, -0.1) is 0 Å². The van der Waals surface area contributed by atoms with E-state index in [1.807, 2.05) is 59.4 Å². The molecule has 0 aliphatic carbocycles. The van der Waals surface area contributed by atoms with Crippen LogP contribution in [0.25, 0.3) is 16.7 Å². The van der Waals surface area contributed by atoms with E-state index in [2.05, 4.69) is 15.0 Å². The van der Waals surface area contributed by atoms with Crippen LogP contribution in [-0.4, -0.2) is 60.8 Å². The Bertz CT molecular complexity index is 1430. The molecular formula is C26H32Cl2N6O3. The Kier molecular flexibility index (Phi) is 7.16. The molecule has 0 spiro atoms. The lowest BCUT2D eigenvalue weighted by Gasteiger charge is -2.50. The number of aromatic nitrogens is 4. The van der Waals surface area contributed by atoms with Gasteiger partial charge in [-0.3, -0.25) is 4.98 Å². The maximum absolute atomic E-state index is 13.8. The second-order valence-electron chi connectivity index (χ2n) is 11.0. The van der Waals surface area contributed by atoms with Gasteiger partial charge in [0, 0.05) is 25.3 Å². The van der Waals surface area contributed by atoms with E-state index in [1.165, 1.54) is 9.47 Å². The number of anilines is 1. The van der Waals surface area contributed by atoms with Crippen molar-refractivity contribution in [2.75, 3.05) is 18.0 Å². The minimum atomic E-state index is -0.973. The van der Waals surface area contributed by atoms with Crippen LogP contribution in [0.2, 0.25) is 10.2 Å². The van der Waals surface area contributed by atoms with Gasteiger partial charge in [0.05, 0.1) is 27.8 Å². The highest BCUT2D eigenvalue weighted by atomic mass is 35.5. The summed E-state index contributed by atoms with van der Waals surface area (Å²) >= 11 is 12.8. The van der Waals surface area contributed by atoms with Gasteiger partial charge < -0.3 is 14.9 Å². The summed E-state index contributed by atoms with van der Waals surface area (Å²) in [6, 6.07) is 2.99. The third kappa shape index (κ3) is 4.86. The molecule has 37 heavy (non-hydrogen) atoms. The van der Waals surface area contributed by atoms with Crippen LogP contribution in [0, 0.1) is 12.3 Å². The number of carbonyl (C=O) groups is 1.